The van der Waals surface area contributed by atoms with Crippen molar-refractivity contribution in [1.82, 2.24) is 0 Å². The molecule has 0 atom stereocenters. The summed E-state index contributed by atoms with van der Waals surface area (Å²) in [5.74, 6) is 4.05. The van der Waals surface area contributed by atoms with Crippen molar-refractivity contribution in [1.29, 1.82) is 0 Å². The molecule has 0 unspecified atom stereocenters. The number of rotatable bonds is 4. The van der Waals surface area contributed by atoms with Gasteiger partial charge in [0.1, 0.15) is 0 Å². The second-order valence-electron chi connectivity index (χ2n) is 6.48. The third-order valence-electron chi connectivity index (χ3n) is 5.40. The van der Waals surface area contributed by atoms with E-state index in [1.54, 1.807) is 0 Å². The highest BCUT2D eigenvalue weighted by Crippen LogP contribution is 2.42. The zero-order valence-corrected chi connectivity index (χ0v) is 11.7. The van der Waals surface area contributed by atoms with E-state index in [2.05, 4.69) is 19.6 Å². The fraction of sp³-hybridized carbons (Fsp3) is 0.882. The monoisotopic (exact) mass is 234 g/mol. The van der Waals surface area contributed by atoms with Crippen LogP contribution < -0.4 is 0 Å². The van der Waals surface area contributed by atoms with Crippen LogP contribution in [-0.2, 0) is 0 Å². The number of hydrogen-bond acceptors (Lipinski definition) is 0. The largest absolute Gasteiger partial charge is 0.103 e. The summed E-state index contributed by atoms with van der Waals surface area (Å²) in [4.78, 5) is 0. The van der Waals surface area contributed by atoms with Crippen molar-refractivity contribution in [3.63, 3.8) is 0 Å². The molecule has 0 aromatic rings. The second kappa shape index (κ2) is 6.61. The predicted molar refractivity (Wildman–Crippen MR) is 76.0 cm³/mol. The van der Waals surface area contributed by atoms with Crippen molar-refractivity contribution in [3.8, 4) is 0 Å². The topological polar surface area (TPSA) is 0 Å². The molecule has 0 aromatic carbocycles. The molecule has 0 heterocycles. The summed E-state index contributed by atoms with van der Waals surface area (Å²) in [7, 11) is 0. The van der Waals surface area contributed by atoms with Crippen LogP contribution in [0, 0.1) is 23.7 Å². The SMILES string of the molecule is C=C[C@H]1CC[C@H]([C@H]2CC[C@H](CCC)CC2)CC1. The van der Waals surface area contributed by atoms with Gasteiger partial charge in [0, 0.05) is 0 Å². The van der Waals surface area contributed by atoms with Gasteiger partial charge in [-0.1, -0.05) is 38.7 Å². The van der Waals surface area contributed by atoms with Gasteiger partial charge in [0.2, 0.25) is 0 Å². The first-order valence-corrected chi connectivity index (χ1v) is 7.96. The van der Waals surface area contributed by atoms with Gasteiger partial charge in [0.25, 0.3) is 0 Å². The Morgan fingerprint density at radius 2 is 1.41 bits per heavy atom. The molecule has 17 heavy (non-hydrogen) atoms. The van der Waals surface area contributed by atoms with Crippen LogP contribution in [0.2, 0.25) is 0 Å². The molecule has 98 valence electrons. The minimum absolute atomic E-state index is 0.836. The molecule has 0 amide bonds. The van der Waals surface area contributed by atoms with Gasteiger partial charge < -0.3 is 0 Å². The lowest BCUT2D eigenvalue weighted by atomic mass is 9.69. The molecule has 2 aliphatic carbocycles. The molecule has 0 spiro atoms. The highest BCUT2D eigenvalue weighted by atomic mass is 14.3. The Labute approximate surface area is 108 Å². The van der Waals surface area contributed by atoms with E-state index in [0.29, 0.717) is 0 Å². The minimum atomic E-state index is 0.836. The van der Waals surface area contributed by atoms with E-state index in [9.17, 15) is 0 Å². The Bertz CT molecular complexity index is 214. The molecule has 2 aliphatic rings. The van der Waals surface area contributed by atoms with Crippen LogP contribution in [0.3, 0.4) is 0 Å². The molecule has 2 rings (SSSR count). The predicted octanol–water partition coefficient (Wildman–Crippen LogP) is 5.59. The van der Waals surface area contributed by atoms with E-state index >= 15 is 0 Å². The van der Waals surface area contributed by atoms with Gasteiger partial charge in [-0.15, -0.1) is 6.58 Å². The van der Waals surface area contributed by atoms with Crippen LogP contribution in [0.15, 0.2) is 12.7 Å². The van der Waals surface area contributed by atoms with Gasteiger partial charge in [-0.3, -0.25) is 0 Å². The minimum Gasteiger partial charge on any atom is -0.103 e. The second-order valence-corrected chi connectivity index (χ2v) is 6.48. The molecular formula is C17H30. The average molecular weight is 234 g/mol. The Kier molecular flexibility index (Phi) is 5.13. The van der Waals surface area contributed by atoms with E-state index in [4.69, 9.17) is 0 Å². The van der Waals surface area contributed by atoms with Gasteiger partial charge in [-0.25, -0.2) is 0 Å². The summed E-state index contributed by atoms with van der Waals surface area (Å²) < 4.78 is 0. The van der Waals surface area contributed by atoms with E-state index in [1.165, 1.54) is 64.2 Å². The van der Waals surface area contributed by atoms with E-state index in [1.807, 2.05) is 0 Å². The smallest absolute Gasteiger partial charge is 0.0236 e. The first-order chi connectivity index (χ1) is 8.33. The third kappa shape index (κ3) is 3.60. The molecule has 0 N–H and O–H groups in total. The maximum Gasteiger partial charge on any atom is -0.0236 e. The van der Waals surface area contributed by atoms with Crippen molar-refractivity contribution in [2.75, 3.05) is 0 Å². The molecular weight excluding hydrogens is 204 g/mol. The van der Waals surface area contributed by atoms with Crippen molar-refractivity contribution in [2.45, 2.75) is 71.1 Å². The van der Waals surface area contributed by atoms with Crippen molar-refractivity contribution in [3.05, 3.63) is 12.7 Å². The van der Waals surface area contributed by atoms with Crippen molar-refractivity contribution >= 4 is 0 Å². The van der Waals surface area contributed by atoms with Crippen LogP contribution in [0.1, 0.15) is 71.1 Å². The highest BCUT2D eigenvalue weighted by Gasteiger charge is 2.29. The summed E-state index contributed by atoms with van der Waals surface area (Å²) in [5, 5.41) is 0. The van der Waals surface area contributed by atoms with E-state index in [0.717, 1.165) is 23.7 Å². The Morgan fingerprint density at radius 3 is 1.88 bits per heavy atom. The first kappa shape index (κ1) is 13.2. The van der Waals surface area contributed by atoms with Crippen LogP contribution in [0.25, 0.3) is 0 Å². The zero-order valence-electron chi connectivity index (χ0n) is 11.7. The molecule has 0 aliphatic heterocycles. The van der Waals surface area contributed by atoms with Gasteiger partial charge in [-0.05, 0) is 62.2 Å². The fourth-order valence-electron chi connectivity index (χ4n) is 4.21. The van der Waals surface area contributed by atoms with Crippen LogP contribution in [0.5, 0.6) is 0 Å². The highest BCUT2D eigenvalue weighted by molar-refractivity contribution is 4.87. The lowest BCUT2D eigenvalue weighted by molar-refractivity contribution is 0.152. The van der Waals surface area contributed by atoms with E-state index in [-0.39, 0.29) is 0 Å². The Balaban J connectivity index is 1.72. The maximum absolute atomic E-state index is 3.95. The average Bonchev–Trinajstić information content (AvgIpc) is 2.40. The van der Waals surface area contributed by atoms with Crippen molar-refractivity contribution < 1.29 is 0 Å². The number of allylic oxidation sites excluding steroid dienone is 1. The molecule has 0 radical (unpaired) electrons. The summed E-state index contributed by atoms with van der Waals surface area (Å²) in [6, 6.07) is 0. The standard InChI is InChI=1S/C17H30/c1-3-5-15-8-12-17(13-9-15)16-10-6-14(4-2)7-11-16/h4,14-17H,2-3,5-13H2,1H3/t14-,15-,16-,17-. The Morgan fingerprint density at radius 1 is 0.882 bits per heavy atom. The summed E-state index contributed by atoms with van der Waals surface area (Å²) in [5.41, 5.74) is 0. The summed E-state index contributed by atoms with van der Waals surface area (Å²) in [6.07, 6.45) is 17.0. The molecule has 0 nitrogen and oxygen atoms in total. The van der Waals surface area contributed by atoms with Crippen LogP contribution in [0.4, 0.5) is 0 Å². The lowest BCUT2D eigenvalue weighted by Gasteiger charge is -2.37. The molecule has 0 bridgehead atoms. The van der Waals surface area contributed by atoms with Crippen LogP contribution >= 0.6 is 0 Å². The number of hydrogen-bond donors (Lipinski definition) is 0. The van der Waals surface area contributed by atoms with Crippen molar-refractivity contribution in [2.24, 2.45) is 23.7 Å². The third-order valence-corrected chi connectivity index (χ3v) is 5.40. The van der Waals surface area contributed by atoms with E-state index < -0.39 is 0 Å². The molecule has 0 saturated heterocycles. The Hall–Kier alpha value is -0.260. The quantitative estimate of drug-likeness (QED) is 0.557. The first-order valence-electron chi connectivity index (χ1n) is 7.96. The molecule has 0 heteroatoms. The molecule has 2 saturated carbocycles. The maximum atomic E-state index is 3.95. The molecule has 2 fully saturated rings. The lowest BCUT2D eigenvalue weighted by Crippen LogP contribution is -2.25. The van der Waals surface area contributed by atoms with Gasteiger partial charge in [0.15, 0.2) is 0 Å². The summed E-state index contributed by atoms with van der Waals surface area (Å²) in [6.45, 7) is 6.29. The molecule has 0 aromatic heterocycles. The van der Waals surface area contributed by atoms with Gasteiger partial charge in [-0.2, -0.15) is 0 Å². The van der Waals surface area contributed by atoms with Crippen LogP contribution in [-0.4, -0.2) is 0 Å². The summed E-state index contributed by atoms with van der Waals surface area (Å²) >= 11 is 0. The van der Waals surface area contributed by atoms with Gasteiger partial charge >= 0.3 is 0 Å². The normalized spacial score (nSPS) is 38.9. The zero-order chi connectivity index (χ0) is 12.1. The fourth-order valence-corrected chi connectivity index (χ4v) is 4.21. The van der Waals surface area contributed by atoms with Gasteiger partial charge in [0.05, 0.1) is 0 Å².